The standard InChI is InChI=1S/C24H25F3N4O7S/c1-17-5-7-19(8-6-17)22-15-23(24(25,26)27)28-30(22)20-9-11-21(12-10-20)39(35,36)29(18(2)32)16-37-13-3-4-14-38-31(33)34/h5-12,15H,3-4,13-14,16H2,1-2H3/p+1. The van der Waals surface area contributed by atoms with Gasteiger partial charge in [0.25, 0.3) is 15.1 Å². The van der Waals surface area contributed by atoms with Crippen LogP contribution in [0.3, 0.4) is 0 Å². The highest BCUT2D eigenvalue weighted by Crippen LogP contribution is 2.30. The van der Waals surface area contributed by atoms with Crippen LogP contribution in [-0.2, 0) is 30.6 Å². The van der Waals surface area contributed by atoms with Crippen LogP contribution in [0.4, 0.5) is 13.2 Å². The van der Waals surface area contributed by atoms with Crippen molar-refractivity contribution in [1.29, 1.82) is 0 Å². The van der Waals surface area contributed by atoms with Crippen molar-refractivity contribution in [2.45, 2.75) is 37.8 Å². The van der Waals surface area contributed by atoms with Gasteiger partial charge in [-0.1, -0.05) is 22.4 Å². The van der Waals surface area contributed by atoms with Gasteiger partial charge in [-0.15, -0.1) is 10.1 Å². The highest BCUT2D eigenvalue weighted by Gasteiger charge is 2.38. The van der Waals surface area contributed by atoms with Crippen LogP contribution in [0.15, 0.2) is 59.5 Å². The van der Waals surface area contributed by atoms with Crippen molar-refractivity contribution in [3.63, 3.8) is 0 Å². The quantitative estimate of drug-likeness (QED) is 0.115. The summed E-state index contributed by atoms with van der Waals surface area (Å²) < 4.78 is 73.6. The van der Waals surface area contributed by atoms with E-state index in [9.17, 15) is 36.5 Å². The first-order valence-corrected chi connectivity index (χ1v) is 13.0. The predicted octanol–water partition coefficient (Wildman–Crippen LogP) is 3.79. The van der Waals surface area contributed by atoms with Crippen LogP contribution in [0.1, 0.15) is 31.0 Å². The summed E-state index contributed by atoms with van der Waals surface area (Å²) in [7, 11) is -4.35. The molecule has 210 valence electrons. The summed E-state index contributed by atoms with van der Waals surface area (Å²) in [6, 6.07) is 12.8. The molecule has 0 aliphatic carbocycles. The molecule has 0 aliphatic heterocycles. The minimum absolute atomic E-state index is 0.0199. The highest BCUT2D eigenvalue weighted by atomic mass is 32.2. The van der Waals surface area contributed by atoms with Gasteiger partial charge in [0.15, 0.2) is 5.69 Å². The van der Waals surface area contributed by atoms with Crippen LogP contribution in [-0.4, -0.2) is 48.8 Å². The molecule has 1 aromatic heterocycles. The number of carbonyl (C=O) groups excluding carboxylic acids is 1. The lowest BCUT2D eigenvalue weighted by Crippen LogP contribution is -2.38. The number of ether oxygens (including phenoxy) is 1. The highest BCUT2D eigenvalue weighted by molar-refractivity contribution is 7.89. The minimum atomic E-state index is -4.64. The number of aromatic nitrogens is 2. The number of halogens is 3. The van der Waals surface area contributed by atoms with E-state index in [1.165, 1.54) is 28.9 Å². The molecular weight excluding hydrogens is 545 g/mol. The van der Waals surface area contributed by atoms with E-state index < -0.39 is 39.6 Å². The first-order chi connectivity index (χ1) is 18.3. The summed E-state index contributed by atoms with van der Waals surface area (Å²) in [6.45, 7) is 2.17. The fourth-order valence-electron chi connectivity index (χ4n) is 3.52. The normalized spacial score (nSPS) is 11.8. The molecule has 0 spiro atoms. The maximum absolute atomic E-state index is 13.5. The molecule has 3 rings (SSSR count). The molecule has 15 heteroatoms. The van der Waals surface area contributed by atoms with Gasteiger partial charge in [0, 0.05) is 37.3 Å². The maximum atomic E-state index is 13.5. The predicted molar refractivity (Wildman–Crippen MR) is 130 cm³/mol. The molecule has 3 aromatic rings. The van der Waals surface area contributed by atoms with Crippen molar-refractivity contribution in [1.82, 2.24) is 9.40 Å². The molecule has 1 heterocycles. The number of amides is 1. The van der Waals surface area contributed by atoms with E-state index >= 15 is 0 Å². The van der Waals surface area contributed by atoms with Gasteiger partial charge in [0.05, 0.1) is 11.5 Å². The van der Waals surface area contributed by atoms with Crippen LogP contribution in [0.5, 0.6) is 0 Å². The smallest absolute Gasteiger partial charge is 0.360 e. The Bertz CT molecular complexity index is 1410. The van der Waals surface area contributed by atoms with Gasteiger partial charge >= 0.3 is 6.18 Å². The molecule has 0 bridgehead atoms. The molecule has 39 heavy (non-hydrogen) atoms. The Morgan fingerprint density at radius 1 is 1.08 bits per heavy atom. The molecule has 0 unspecified atom stereocenters. The van der Waals surface area contributed by atoms with Crippen molar-refractivity contribution >= 4 is 15.9 Å². The molecule has 0 fully saturated rings. The average Bonchev–Trinajstić information content (AvgIpc) is 3.32. The Balaban J connectivity index is 1.81. The number of carbonyl (C=O) groups is 1. The molecule has 11 nitrogen and oxygen atoms in total. The number of alkyl halides is 3. The van der Waals surface area contributed by atoms with E-state index in [0.29, 0.717) is 16.3 Å². The molecule has 2 aromatic carbocycles. The van der Waals surface area contributed by atoms with Gasteiger partial charge in [-0.3, -0.25) is 4.79 Å². The Morgan fingerprint density at radius 2 is 1.69 bits per heavy atom. The van der Waals surface area contributed by atoms with Crippen LogP contribution < -0.4 is 4.68 Å². The average molecular weight is 572 g/mol. The number of nitrogens with zero attached hydrogens (tertiary/aromatic N) is 3. The summed E-state index contributed by atoms with van der Waals surface area (Å²) in [6.07, 6.45) is -4.04. The lowest BCUT2D eigenvalue weighted by Gasteiger charge is -2.20. The van der Waals surface area contributed by atoms with Crippen molar-refractivity contribution in [2.75, 3.05) is 19.9 Å². The first kappa shape index (κ1) is 29.6. The van der Waals surface area contributed by atoms with E-state index in [0.717, 1.165) is 18.6 Å². The number of H-pyrrole nitrogens is 1. The zero-order valence-electron chi connectivity index (χ0n) is 21.0. The van der Waals surface area contributed by atoms with Crippen molar-refractivity contribution in [3.05, 3.63) is 76.0 Å². The number of hydrogen-bond acceptors (Lipinski definition) is 7. The van der Waals surface area contributed by atoms with Crippen molar-refractivity contribution < 1.29 is 45.7 Å². The van der Waals surface area contributed by atoms with Crippen LogP contribution in [0.25, 0.3) is 16.9 Å². The molecule has 1 amide bonds. The molecule has 0 saturated heterocycles. The Kier molecular flexibility index (Phi) is 9.29. The Morgan fingerprint density at radius 3 is 2.26 bits per heavy atom. The molecule has 0 aliphatic rings. The molecular formula is C24H26F3N4O7S+. The zero-order valence-corrected chi connectivity index (χ0v) is 21.8. The third kappa shape index (κ3) is 7.54. The summed E-state index contributed by atoms with van der Waals surface area (Å²) in [5.41, 5.74) is 0.880. The van der Waals surface area contributed by atoms with Crippen LogP contribution >= 0.6 is 0 Å². The van der Waals surface area contributed by atoms with E-state index in [1.54, 1.807) is 24.3 Å². The van der Waals surface area contributed by atoms with E-state index in [1.807, 2.05) is 6.92 Å². The van der Waals surface area contributed by atoms with Gasteiger partial charge in [-0.2, -0.15) is 18.3 Å². The van der Waals surface area contributed by atoms with Gasteiger partial charge in [-0.05, 0) is 44.0 Å². The number of benzene rings is 2. The number of aromatic amines is 1. The summed E-state index contributed by atoms with van der Waals surface area (Å²) in [4.78, 5) is 26.1. The number of unbranched alkanes of at least 4 members (excludes halogenated alkanes) is 1. The largest absolute Gasteiger partial charge is 0.436 e. The van der Waals surface area contributed by atoms with E-state index in [2.05, 4.69) is 9.94 Å². The number of sulfonamides is 1. The summed E-state index contributed by atoms with van der Waals surface area (Å²) in [5, 5.41) is 11.5. The third-order valence-electron chi connectivity index (χ3n) is 5.53. The van der Waals surface area contributed by atoms with E-state index in [4.69, 9.17) is 4.74 Å². The lowest BCUT2D eigenvalue weighted by atomic mass is 10.1. The number of hydrogen-bond donors (Lipinski definition) is 1. The fourth-order valence-corrected chi connectivity index (χ4v) is 4.80. The van der Waals surface area contributed by atoms with Crippen LogP contribution in [0.2, 0.25) is 0 Å². The maximum Gasteiger partial charge on any atom is 0.436 e. The third-order valence-corrected chi connectivity index (χ3v) is 7.34. The Labute approximate surface area is 221 Å². The fraction of sp³-hybridized carbons (Fsp3) is 0.333. The monoisotopic (exact) mass is 571 g/mol. The number of nitrogens with one attached hydrogen (secondary N) is 1. The number of rotatable bonds is 12. The minimum Gasteiger partial charge on any atom is -0.360 e. The van der Waals surface area contributed by atoms with E-state index in [-0.39, 0.29) is 35.9 Å². The van der Waals surface area contributed by atoms with Crippen molar-refractivity contribution in [3.8, 4) is 16.9 Å². The van der Waals surface area contributed by atoms with Gasteiger partial charge in [0.2, 0.25) is 17.3 Å². The second-order valence-corrected chi connectivity index (χ2v) is 10.3. The van der Waals surface area contributed by atoms with Gasteiger partial charge < -0.3 is 9.57 Å². The van der Waals surface area contributed by atoms with Gasteiger partial charge in [0.1, 0.15) is 6.73 Å². The second kappa shape index (κ2) is 12.3. The topological polar surface area (TPSA) is 136 Å². The SMILES string of the molecule is CC(=O)N(COCCCCO[N+](=O)[O-])S(=O)(=O)c1ccc(-[n+]2[nH]c(C(F)(F)F)cc2-c2ccc(C)cc2)cc1. The zero-order chi connectivity index (χ0) is 28.8. The number of aryl methyl sites for hydroxylation is 1. The molecule has 0 saturated carbocycles. The molecule has 0 radical (unpaired) electrons. The molecule has 0 atom stereocenters. The van der Waals surface area contributed by atoms with Crippen molar-refractivity contribution in [2.24, 2.45) is 0 Å². The Hall–Kier alpha value is -3.98. The lowest BCUT2D eigenvalue weighted by molar-refractivity contribution is -0.757. The molecule has 1 N–H and O–H groups in total. The summed E-state index contributed by atoms with van der Waals surface area (Å²) >= 11 is 0. The van der Waals surface area contributed by atoms with Gasteiger partial charge in [-0.25, -0.2) is 12.7 Å². The first-order valence-electron chi connectivity index (χ1n) is 11.6. The summed E-state index contributed by atoms with van der Waals surface area (Å²) in [5.74, 6) is -0.814. The van der Waals surface area contributed by atoms with Crippen LogP contribution in [0, 0.1) is 17.0 Å². The second-order valence-electron chi connectivity index (χ2n) is 8.42.